The van der Waals surface area contributed by atoms with Gasteiger partial charge in [-0.25, -0.2) is 9.50 Å². The Morgan fingerprint density at radius 3 is 2.79 bits per heavy atom. The highest BCUT2D eigenvalue weighted by molar-refractivity contribution is 6.07. The third kappa shape index (κ3) is 4.86. The quantitative estimate of drug-likeness (QED) is 0.322. The summed E-state index contributed by atoms with van der Waals surface area (Å²) in [5, 5.41) is 31.8. The van der Waals surface area contributed by atoms with E-state index >= 15 is 0 Å². The highest BCUT2D eigenvalue weighted by Gasteiger charge is 2.33. The lowest BCUT2D eigenvalue weighted by atomic mass is 9.79. The lowest BCUT2D eigenvalue weighted by Crippen LogP contribution is -2.46. The van der Waals surface area contributed by atoms with Crippen molar-refractivity contribution in [3.8, 4) is 11.3 Å². The molecule has 3 aromatic heterocycles. The summed E-state index contributed by atoms with van der Waals surface area (Å²) in [6.07, 6.45) is 13.9. The molecule has 1 saturated carbocycles. The van der Waals surface area contributed by atoms with Gasteiger partial charge in [0.25, 0.3) is 0 Å². The van der Waals surface area contributed by atoms with Crippen molar-refractivity contribution in [2.75, 3.05) is 13.2 Å². The fourth-order valence-corrected chi connectivity index (χ4v) is 4.29. The van der Waals surface area contributed by atoms with Crippen molar-refractivity contribution in [1.82, 2.24) is 35.0 Å². The Balaban J connectivity index is 1.54. The number of aliphatic hydroxyl groups is 1. The number of aromatic nitrogens is 5. The molecule has 0 aromatic carbocycles. The van der Waals surface area contributed by atoms with Crippen molar-refractivity contribution < 1.29 is 9.90 Å². The fourth-order valence-electron chi connectivity index (χ4n) is 4.29. The van der Waals surface area contributed by atoms with Gasteiger partial charge in [0, 0.05) is 48.3 Å². The number of carbonyl (C=O) groups is 1. The topological polar surface area (TPSA) is 133 Å². The van der Waals surface area contributed by atoms with Crippen LogP contribution < -0.4 is 10.6 Å². The average molecular weight is 465 g/mol. The van der Waals surface area contributed by atoms with Crippen LogP contribution in [-0.2, 0) is 4.79 Å². The number of nitrogens with zero attached hydrogens (tertiary/aromatic N) is 5. The normalized spacial score (nSPS) is 18.2. The van der Waals surface area contributed by atoms with Gasteiger partial charge in [0.1, 0.15) is 0 Å². The summed E-state index contributed by atoms with van der Waals surface area (Å²) in [5.41, 5.74) is 3.80. The molecule has 0 atom stereocenters. The van der Waals surface area contributed by atoms with Crippen LogP contribution in [0.3, 0.4) is 0 Å². The summed E-state index contributed by atoms with van der Waals surface area (Å²) in [6, 6.07) is 2.42. The van der Waals surface area contributed by atoms with Crippen LogP contribution in [-0.4, -0.2) is 60.8 Å². The Labute approximate surface area is 198 Å². The maximum Gasteiger partial charge on any atom is 0.223 e. The van der Waals surface area contributed by atoms with Gasteiger partial charge in [-0.15, -0.1) is 0 Å². The van der Waals surface area contributed by atoms with Gasteiger partial charge in [-0.2, -0.15) is 10.2 Å². The third-order valence-corrected chi connectivity index (χ3v) is 6.43. The van der Waals surface area contributed by atoms with Crippen molar-refractivity contribution >= 4 is 23.2 Å². The third-order valence-electron chi connectivity index (χ3n) is 6.43. The van der Waals surface area contributed by atoms with Crippen molar-refractivity contribution in [2.24, 2.45) is 5.92 Å². The van der Waals surface area contributed by atoms with Gasteiger partial charge in [0.2, 0.25) is 5.91 Å². The number of amides is 1. The van der Waals surface area contributed by atoms with Crippen molar-refractivity contribution in [1.29, 1.82) is 5.41 Å². The minimum absolute atomic E-state index is 0.0206. The molecule has 10 nitrogen and oxygen atoms in total. The molecule has 1 amide bonds. The second-order valence-corrected chi connectivity index (χ2v) is 8.61. The number of fused-ring (bicyclic) bond motifs is 1. The molecule has 180 valence electrons. The largest absolute Gasteiger partial charge is 0.395 e. The smallest absolute Gasteiger partial charge is 0.223 e. The van der Waals surface area contributed by atoms with Gasteiger partial charge < -0.3 is 21.1 Å². The number of rotatable bonds is 11. The minimum atomic E-state index is -0.0558. The highest BCUT2D eigenvalue weighted by atomic mass is 16.3. The van der Waals surface area contributed by atoms with E-state index < -0.39 is 0 Å². The molecule has 34 heavy (non-hydrogen) atoms. The van der Waals surface area contributed by atoms with Gasteiger partial charge in [-0.05, 0) is 31.7 Å². The second-order valence-electron chi connectivity index (χ2n) is 8.61. The predicted octanol–water partition coefficient (Wildman–Crippen LogP) is 2.42. The number of hydrogen-bond acceptors (Lipinski definition) is 7. The summed E-state index contributed by atoms with van der Waals surface area (Å²) >= 11 is 0. The van der Waals surface area contributed by atoms with Crippen molar-refractivity contribution in [3.05, 3.63) is 42.7 Å². The average Bonchev–Trinajstić information content (AvgIpc) is 3.49. The summed E-state index contributed by atoms with van der Waals surface area (Å²) < 4.78 is 3.77. The predicted molar refractivity (Wildman–Crippen MR) is 130 cm³/mol. The summed E-state index contributed by atoms with van der Waals surface area (Å²) in [7, 11) is 0. The molecular weight excluding hydrogens is 432 g/mol. The van der Waals surface area contributed by atoms with E-state index in [1.54, 1.807) is 16.9 Å². The maximum atomic E-state index is 12.0. The first kappa shape index (κ1) is 23.6. The zero-order valence-corrected chi connectivity index (χ0v) is 19.6. The van der Waals surface area contributed by atoms with Gasteiger partial charge in [0.15, 0.2) is 0 Å². The SMILES string of the molecule is CCC(CC)n1cc(-c2nc(/C(C=N)=C/NC3CC(C(=O)NCCO)C3)cn3nccc23)cn1. The number of allylic oxidation sites excluding steroid dienone is 1. The van der Waals surface area contributed by atoms with Crippen LogP contribution in [0.5, 0.6) is 0 Å². The Kier molecular flexibility index (Phi) is 7.36. The molecule has 4 rings (SSSR count). The highest BCUT2D eigenvalue weighted by Crippen LogP contribution is 2.29. The van der Waals surface area contributed by atoms with Crippen LogP contribution in [0.2, 0.25) is 0 Å². The molecule has 0 radical (unpaired) electrons. The van der Waals surface area contributed by atoms with Gasteiger partial charge >= 0.3 is 0 Å². The number of hydrogen-bond donors (Lipinski definition) is 4. The van der Waals surface area contributed by atoms with Gasteiger partial charge in [-0.1, -0.05) is 13.8 Å². The molecule has 3 heterocycles. The first-order valence-corrected chi connectivity index (χ1v) is 11.8. The van der Waals surface area contributed by atoms with Gasteiger partial charge in [0.05, 0.1) is 48.1 Å². The van der Waals surface area contributed by atoms with E-state index in [1.165, 1.54) is 6.21 Å². The maximum absolute atomic E-state index is 12.0. The van der Waals surface area contributed by atoms with Crippen LogP contribution in [0.25, 0.3) is 22.3 Å². The number of aliphatic hydroxyl groups excluding tert-OH is 1. The lowest BCUT2D eigenvalue weighted by Gasteiger charge is -2.34. The van der Waals surface area contributed by atoms with E-state index in [-0.39, 0.29) is 31.0 Å². The molecule has 0 bridgehead atoms. The van der Waals surface area contributed by atoms with Crippen LogP contribution >= 0.6 is 0 Å². The molecule has 1 aliphatic rings. The zero-order chi connectivity index (χ0) is 24.1. The van der Waals surface area contributed by atoms with E-state index in [4.69, 9.17) is 15.5 Å². The molecule has 0 spiro atoms. The molecule has 3 aromatic rings. The van der Waals surface area contributed by atoms with E-state index in [0.29, 0.717) is 30.2 Å². The molecule has 1 aliphatic carbocycles. The molecule has 10 heteroatoms. The summed E-state index contributed by atoms with van der Waals surface area (Å²) in [6.45, 7) is 4.54. The Bertz CT molecular complexity index is 1170. The van der Waals surface area contributed by atoms with E-state index in [2.05, 4.69) is 34.7 Å². The monoisotopic (exact) mass is 464 g/mol. The Morgan fingerprint density at radius 1 is 1.29 bits per heavy atom. The fraction of sp³-hybridized carbons (Fsp3) is 0.458. The molecular formula is C24H32N8O2. The molecule has 0 saturated heterocycles. The lowest BCUT2D eigenvalue weighted by molar-refractivity contribution is -0.128. The van der Waals surface area contributed by atoms with Crippen molar-refractivity contribution in [2.45, 2.75) is 51.6 Å². The van der Waals surface area contributed by atoms with E-state index in [9.17, 15) is 4.79 Å². The Hall–Kier alpha value is -3.53. The first-order valence-electron chi connectivity index (χ1n) is 11.8. The first-order chi connectivity index (χ1) is 16.6. The van der Waals surface area contributed by atoms with Crippen LogP contribution in [0.4, 0.5) is 0 Å². The van der Waals surface area contributed by atoms with Crippen LogP contribution in [0.15, 0.2) is 37.1 Å². The van der Waals surface area contributed by atoms with Crippen molar-refractivity contribution in [3.63, 3.8) is 0 Å². The molecule has 0 unspecified atom stereocenters. The second kappa shape index (κ2) is 10.6. The summed E-state index contributed by atoms with van der Waals surface area (Å²) in [5.74, 6) is -0.0645. The minimum Gasteiger partial charge on any atom is -0.395 e. The van der Waals surface area contributed by atoms with Crippen LogP contribution in [0, 0.1) is 11.3 Å². The summed E-state index contributed by atoms with van der Waals surface area (Å²) in [4.78, 5) is 16.8. The van der Waals surface area contributed by atoms with E-state index in [1.807, 2.05) is 29.3 Å². The number of nitrogens with one attached hydrogen (secondary N) is 3. The van der Waals surface area contributed by atoms with E-state index in [0.717, 1.165) is 29.6 Å². The standard InChI is InChI=1S/C24H32N8O2/c1-3-20(4-2)31-14-18(13-29-31)23-22-5-6-28-32(22)15-21(30-23)17(11-25)12-27-19-9-16(10-19)24(34)26-7-8-33/h5-6,11-16,19-20,25,27,33H,3-4,7-10H2,1-2H3,(H,26,34)/b17-12+,25-11?. The Morgan fingerprint density at radius 2 is 2.09 bits per heavy atom. The van der Waals surface area contributed by atoms with Gasteiger partial charge in [-0.3, -0.25) is 9.48 Å². The van der Waals surface area contributed by atoms with Crippen LogP contribution in [0.1, 0.15) is 51.3 Å². The molecule has 4 N–H and O–H groups in total. The molecule has 0 aliphatic heterocycles. The number of carbonyl (C=O) groups excluding carboxylic acids is 1. The zero-order valence-electron chi connectivity index (χ0n) is 19.6. The molecule has 1 fully saturated rings.